The van der Waals surface area contributed by atoms with E-state index in [2.05, 4.69) is 14.8 Å². The normalized spacial score (nSPS) is 14.7. The van der Waals surface area contributed by atoms with Gasteiger partial charge in [-0.15, -0.1) is 0 Å². The molecule has 130 valence electrons. The molecule has 0 aliphatic rings. The Morgan fingerprint density at radius 2 is 1.95 bits per heavy atom. The predicted molar refractivity (Wildman–Crippen MR) is 79.5 cm³/mol. The fourth-order valence-corrected chi connectivity index (χ4v) is 3.08. The number of ether oxygens (including phenoxy) is 2. The summed E-state index contributed by atoms with van der Waals surface area (Å²) in [7, 11) is -3.83. The van der Waals surface area contributed by atoms with Crippen molar-refractivity contribution in [3.8, 4) is 0 Å². The lowest BCUT2D eigenvalue weighted by Gasteiger charge is -2.16. The van der Waals surface area contributed by atoms with Gasteiger partial charge in [0.1, 0.15) is 0 Å². The molecule has 2 atom stereocenters. The average molecular weight is 341 g/mol. The molecule has 7 nitrogen and oxygen atoms in total. The van der Waals surface area contributed by atoms with Crippen LogP contribution < -0.4 is 5.32 Å². The summed E-state index contributed by atoms with van der Waals surface area (Å²) in [6, 6.07) is 0. The third-order valence-corrected chi connectivity index (χ3v) is 4.88. The van der Waals surface area contributed by atoms with E-state index in [0.29, 0.717) is 19.3 Å². The molecule has 2 N–H and O–H groups in total. The SMILES string of the molecule is CCCCP(=O)(O)[C@H](F)CCNC(=O)OCOC(=O)CCC. The molecule has 0 spiro atoms. The van der Waals surface area contributed by atoms with Crippen LogP contribution in [0, 0.1) is 0 Å². The van der Waals surface area contributed by atoms with Gasteiger partial charge in [-0.05, 0) is 12.8 Å². The van der Waals surface area contributed by atoms with Crippen LogP contribution in [-0.4, -0.2) is 42.4 Å². The number of hydrogen-bond donors (Lipinski definition) is 2. The van der Waals surface area contributed by atoms with Crippen LogP contribution in [0.1, 0.15) is 46.0 Å². The Morgan fingerprint density at radius 1 is 1.27 bits per heavy atom. The fraction of sp³-hybridized carbons (Fsp3) is 0.846. The molecule has 1 unspecified atom stereocenters. The molecule has 0 aromatic rings. The van der Waals surface area contributed by atoms with Gasteiger partial charge in [0.05, 0.1) is 0 Å². The molecule has 0 saturated heterocycles. The number of esters is 1. The Labute approximate surface area is 130 Å². The predicted octanol–water partition coefficient (Wildman–Crippen LogP) is 2.77. The van der Waals surface area contributed by atoms with Crippen molar-refractivity contribution >= 4 is 19.4 Å². The van der Waals surface area contributed by atoms with Crippen LogP contribution in [0.15, 0.2) is 0 Å². The number of rotatable bonds is 11. The summed E-state index contributed by atoms with van der Waals surface area (Å²) in [5.41, 5.74) is 0. The van der Waals surface area contributed by atoms with Crippen molar-refractivity contribution in [2.45, 2.75) is 51.9 Å². The smallest absolute Gasteiger partial charge is 0.410 e. The van der Waals surface area contributed by atoms with Gasteiger partial charge in [0.2, 0.25) is 14.2 Å². The third-order valence-electron chi connectivity index (χ3n) is 2.79. The summed E-state index contributed by atoms with van der Waals surface area (Å²) in [5, 5.41) is 2.22. The first kappa shape index (κ1) is 20.9. The van der Waals surface area contributed by atoms with E-state index in [1.54, 1.807) is 0 Å². The minimum atomic E-state index is -3.83. The molecule has 0 heterocycles. The second-order valence-corrected chi connectivity index (χ2v) is 7.32. The maximum atomic E-state index is 13.6. The van der Waals surface area contributed by atoms with E-state index in [1.165, 1.54) is 0 Å². The van der Waals surface area contributed by atoms with Gasteiger partial charge >= 0.3 is 12.1 Å². The van der Waals surface area contributed by atoms with E-state index >= 15 is 0 Å². The van der Waals surface area contributed by atoms with Gasteiger partial charge in [-0.3, -0.25) is 9.36 Å². The second kappa shape index (κ2) is 11.4. The highest BCUT2D eigenvalue weighted by molar-refractivity contribution is 7.58. The Hall–Kier alpha value is -1.14. The molecule has 0 saturated carbocycles. The van der Waals surface area contributed by atoms with Crippen LogP contribution in [0.25, 0.3) is 0 Å². The van der Waals surface area contributed by atoms with E-state index in [0.717, 1.165) is 0 Å². The molecule has 0 bridgehead atoms. The number of alkyl halides is 1. The topological polar surface area (TPSA) is 102 Å². The fourth-order valence-electron chi connectivity index (χ4n) is 1.50. The largest absolute Gasteiger partial charge is 0.428 e. The summed E-state index contributed by atoms with van der Waals surface area (Å²) in [4.78, 5) is 31.7. The first-order chi connectivity index (χ1) is 10.3. The van der Waals surface area contributed by atoms with E-state index in [1.807, 2.05) is 13.8 Å². The maximum Gasteiger partial charge on any atom is 0.410 e. The van der Waals surface area contributed by atoms with Gasteiger partial charge < -0.3 is 19.7 Å². The van der Waals surface area contributed by atoms with Crippen LogP contribution in [0.3, 0.4) is 0 Å². The standard InChI is InChI=1S/C13H25FNO6P/c1-3-5-9-22(18,19)11(14)7-8-15-13(17)21-10-20-12(16)6-4-2/h11H,3-10H2,1-2H3,(H,15,17)(H,18,19)/t11-/m0/s1. The molecule has 1 amide bonds. The summed E-state index contributed by atoms with van der Waals surface area (Å²) < 4.78 is 34.4. The summed E-state index contributed by atoms with van der Waals surface area (Å²) in [6.45, 7) is 3.00. The second-order valence-electron chi connectivity index (χ2n) is 4.80. The van der Waals surface area contributed by atoms with Gasteiger partial charge in [0.15, 0.2) is 5.91 Å². The lowest BCUT2D eigenvalue weighted by atomic mass is 10.3. The van der Waals surface area contributed by atoms with Crippen molar-refractivity contribution in [2.75, 3.05) is 19.5 Å². The first-order valence-corrected chi connectivity index (χ1v) is 9.26. The van der Waals surface area contributed by atoms with E-state index < -0.39 is 32.1 Å². The zero-order chi connectivity index (χ0) is 17.0. The van der Waals surface area contributed by atoms with Gasteiger partial charge in [-0.2, -0.15) is 0 Å². The number of amides is 1. The quantitative estimate of drug-likeness (QED) is 0.340. The van der Waals surface area contributed by atoms with Crippen molar-refractivity contribution in [2.24, 2.45) is 0 Å². The lowest BCUT2D eigenvalue weighted by molar-refractivity contribution is -0.151. The molecular formula is C13H25FNO6P. The van der Waals surface area contributed by atoms with Crippen LogP contribution >= 0.6 is 7.37 Å². The van der Waals surface area contributed by atoms with Gasteiger partial charge in [0.25, 0.3) is 0 Å². The van der Waals surface area contributed by atoms with Crippen LogP contribution in [0.2, 0.25) is 0 Å². The van der Waals surface area contributed by atoms with Crippen molar-refractivity contribution in [1.82, 2.24) is 5.32 Å². The maximum absolute atomic E-state index is 13.6. The molecular weight excluding hydrogens is 316 g/mol. The number of alkyl carbamates (subject to hydrolysis) is 1. The monoisotopic (exact) mass is 341 g/mol. The van der Waals surface area contributed by atoms with Crippen molar-refractivity contribution < 1.29 is 32.9 Å². The van der Waals surface area contributed by atoms with Crippen LogP contribution in [0.4, 0.5) is 9.18 Å². The minimum Gasteiger partial charge on any atom is -0.428 e. The molecule has 0 rings (SSSR count). The highest BCUT2D eigenvalue weighted by Crippen LogP contribution is 2.49. The van der Waals surface area contributed by atoms with Crippen LogP contribution in [-0.2, 0) is 18.8 Å². The summed E-state index contributed by atoms with van der Waals surface area (Å²) in [5.74, 6) is -2.35. The lowest BCUT2D eigenvalue weighted by Crippen LogP contribution is -2.28. The Bertz CT molecular complexity index is 393. The van der Waals surface area contributed by atoms with Gasteiger partial charge in [-0.25, -0.2) is 9.18 Å². The van der Waals surface area contributed by atoms with E-state index in [9.17, 15) is 23.4 Å². The molecule has 0 radical (unpaired) electrons. The van der Waals surface area contributed by atoms with E-state index in [4.69, 9.17) is 0 Å². The van der Waals surface area contributed by atoms with Gasteiger partial charge in [-0.1, -0.05) is 20.3 Å². The number of hydrogen-bond acceptors (Lipinski definition) is 5. The molecule has 0 aromatic carbocycles. The van der Waals surface area contributed by atoms with Gasteiger partial charge in [0, 0.05) is 25.5 Å². The Morgan fingerprint density at radius 3 is 2.55 bits per heavy atom. The Kier molecular flexibility index (Phi) is 10.8. The number of carbonyl (C=O) groups excluding carboxylic acids is 2. The number of nitrogens with one attached hydrogen (secondary N) is 1. The highest BCUT2D eigenvalue weighted by atomic mass is 31.2. The zero-order valence-electron chi connectivity index (χ0n) is 13.0. The molecule has 0 aliphatic carbocycles. The summed E-state index contributed by atoms with van der Waals surface area (Å²) >= 11 is 0. The Balaban J connectivity index is 3.83. The third kappa shape index (κ3) is 9.73. The van der Waals surface area contributed by atoms with Crippen molar-refractivity contribution in [3.63, 3.8) is 0 Å². The molecule has 9 heteroatoms. The van der Waals surface area contributed by atoms with E-state index in [-0.39, 0.29) is 25.5 Å². The zero-order valence-corrected chi connectivity index (χ0v) is 13.9. The minimum absolute atomic E-state index is 0.0670. The van der Waals surface area contributed by atoms with Crippen molar-refractivity contribution in [3.05, 3.63) is 0 Å². The molecule has 0 aliphatic heterocycles. The number of carbonyl (C=O) groups is 2. The summed E-state index contributed by atoms with van der Waals surface area (Å²) in [6.07, 6.45) is 0.828. The first-order valence-electron chi connectivity index (χ1n) is 7.35. The highest BCUT2D eigenvalue weighted by Gasteiger charge is 2.29. The van der Waals surface area contributed by atoms with Crippen LogP contribution in [0.5, 0.6) is 0 Å². The molecule has 0 fully saturated rings. The number of halogens is 1. The number of unbranched alkanes of at least 4 members (excludes halogenated alkanes) is 1. The molecule has 0 aromatic heterocycles. The van der Waals surface area contributed by atoms with Crippen molar-refractivity contribution in [1.29, 1.82) is 0 Å². The average Bonchev–Trinajstić information content (AvgIpc) is 2.45. The molecule has 22 heavy (non-hydrogen) atoms.